The van der Waals surface area contributed by atoms with Crippen LogP contribution in [0.25, 0.3) is 11.0 Å². The van der Waals surface area contributed by atoms with E-state index in [0.29, 0.717) is 6.04 Å². The summed E-state index contributed by atoms with van der Waals surface area (Å²) in [6.07, 6.45) is 7.08. The van der Waals surface area contributed by atoms with Crippen LogP contribution in [0.3, 0.4) is 0 Å². The number of ether oxygens (including phenoxy) is 1. The van der Waals surface area contributed by atoms with E-state index in [4.69, 9.17) is 9.72 Å². The molecule has 8 heteroatoms. The highest BCUT2D eigenvalue weighted by Crippen LogP contribution is 2.29. The number of benzene rings is 1. The summed E-state index contributed by atoms with van der Waals surface area (Å²) in [5.41, 5.74) is 7.10. The normalized spacial score (nSPS) is 25.2. The maximum absolute atomic E-state index is 6.41. The average molecular weight is 488 g/mol. The van der Waals surface area contributed by atoms with Gasteiger partial charge in [-0.3, -0.25) is 14.9 Å². The number of aromatic nitrogens is 3. The highest BCUT2D eigenvalue weighted by Gasteiger charge is 2.30. The van der Waals surface area contributed by atoms with E-state index in [1.54, 1.807) is 12.4 Å². The van der Waals surface area contributed by atoms with Crippen molar-refractivity contribution in [2.24, 2.45) is 0 Å². The van der Waals surface area contributed by atoms with E-state index >= 15 is 0 Å². The minimum absolute atomic E-state index is 0.169. The maximum Gasteiger partial charge on any atom is 0.128 e. The summed E-state index contributed by atoms with van der Waals surface area (Å²) in [6.45, 7) is 14.3. The summed E-state index contributed by atoms with van der Waals surface area (Å²) in [4.78, 5) is 21.5. The predicted molar refractivity (Wildman–Crippen MR) is 144 cm³/mol. The SMILES string of the molecule is Cc1ccc(N2CC(C)OC(CN3CCN(c4cc5c(cn4)CCN[C@H]5C)CC3)C2)c2nccnc12. The Kier molecular flexibility index (Phi) is 6.50. The number of nitrogens with zero attached hydrogens (tertiary/aromatic N) is 6. The van der Waals surface area contributed by atoms with Crippen molar-refractivity contribution in [1.82, 2.24) is 25.2 Å². The van der Waals surface area contributed by atoms with E-state index in [1.807, 2.05) is 0 Å². The standard InChI is InChI=1S/C28H37N7O/c1-19-4-5-25(28-27(19)30-8-9-31-28)35-16-20(2)36-23(18-35)17-33-10-12-34(13-11-33)26-14-24-21(3)29-7-6-22(24)15-32-26/h4-5,8-9,14-15,20-21,23,29H,6-7,10-13,16-18H2,1-3H3/t20?,21-,23?/m0/s1. The molecule has 0 saturated carbocycles. The van der Waals surface area contributed by atoms with Crippen LogP contribution in [0.5, 0.6) is 0 Å². The number of rotatable bonds is 4. The van der Waals surface area contributed by atoms with E-state index < -0.39 is 0 Å². The number of pyridine rings is 1. The zero-order chi connectivity index (χ0) is 24.6. The van der Waals surface area contributed by atoms with Gasteiger partial charge in [0.2, 0.25) is 0 Å². The van der Waals surface area contributed by atoms with Crippen molar-refractivity contribution >= 4 is 22.5 Å². The second-order valence-corrected chi connectivity index (χ2v) is 10.6. The van der Waals surface area contributed by atoms with Gasteiger partial charge < -0.3 is 19.9 Å². The predicted octanol–water partition coefficient (Wildman–Crippen LogP) is 2.96. The second kappa shape index (κ2) is 9.92. The van der Waals surface area contributed by atoms with Crippen LogP contribution < -0.4 is 15.1 Å². The van der Waals surface area contributed by atoms with E-state index in [1.165, 1.54) is 11.1 Å². The van der Waals surface area contributed by atoms with Gasteiger partial charge in [-0.2, -0.15) is 0 Å². The van der Waals surface area contributed by atoms with Gasteiger partial charge in [0, 0.05) is 70.4 Å². The Balaban J connectivity index is 1.10. The number of fused-ring (bicyclic) bond motifs is 2. The Hall–Kier alpha value is -2.81. The average Bonchev–Trinajstić information content (AvgIpc) is 2.89. The van der Waals surface area contributed by atoms with Gasteiger partial charge in [-0.15, -0.1) is 0 Å². The van der Waals surface area contributed by atoms with Crippen LogP contribution in [0.1, 0.15) is 36.6 Å². The molecule has 2 unspecified atom stereocenters. The van der Waals surface area contributed by atoms with Gasteiger partial charge in [-0.1, -0.05) is 6.07 Å². The monoisotopic (exact) mass is 487 g/mol. The molecule has 8 nitrogen and oxygen atoms in total. The number of piperazine rings is 1. The molecule has 3 atom stereocenters. The summed E-state index contributed by atoms with van der Waals surface area (Å²) in [6, 6.07) is 7.07. The Morgan fingerprint density at radius 3 is 2.61 bits per heavy atom. The third-order valence-electron chi connectivity index (χ3n) is 7.95. The fraction of sp³-hybridized carbons (Fsp3) is 0.536. The Morgan fingerprint density at radius 2 is 1.78 bits per heavy atom. The van der Waals surface area contributed by atoms with Gasteiger partial charge in [0.15, 0.2) is 0 Å². The molecule has 2 aromatic heterocycles. The van der Waals surface area contributed by atoms with E-state index in [2.05, 4.69) is 75.2 Å². The van der Waals surface area contributed by atoms with Gasteiger partial charge in [0.05, 0.1) is 23.4 Å². The van der Waals surface area contributed by atoms with Crippen LogP contribution in [0, 0.1) is 6.92 Å². The molecule has 0 spiro atoms. The minimum Gasteiger partial charge on any atom is -0.370 e. The zero-order valence-corrected chi connectivity index (χ0v) is 21.7. The molecule has 1 N–H and O–H groups in total. The first-order chi connectivity index (χ1) is 17.5. The lowest BCUT2D eigenvalue weighted by Crippen LogP contribution is -2.54. The summed E-state index contributed by atoms with van der Waals surface area (Å²) in [7, 11) is 0. The fourth-order valence-electron chi connectivity index (χ4n) is 6.03. The van der Waals surface area contributed by atoms with Crippen molar-refractivity contribution in [1.29, 1.82) is 0 Å². The first-order valence-electron chi connectivity index (χ1n) is 13.4. The summed E-state index contributed by atoms with van der Waals surface area (Å²) >= 11 is 0. The lowest BCUT2D eigenvalue weighted by Gasteiger charge is -2.42. The number of anilines is 2. The summed E-state index contributed by atoms with van der Waals surface area (Å²) in [5, 5.41) is 3.57. The van der Waals surface area contributed by atoms with Gasteiger partial charge in [0.1, 0.15) is 11.3 Å². The molecule has 3 aromatic rings. The van der Waals surface area contributed by atoms with Crippen LogP contribution in [0.2, 0.25) is 0 Å². The molecule has 6 rings (SSSR count). The Morgan fingerprint density at radius 1 is 0.972 bits per heavy atom. The first-order valence-corrected chi connectivity index (χ1v) is 13.4. The third-order valence-corrected chi connectivity index (χ3v) is 7.95. The molecule has 190 valence electrons. The van der Waals surface area contributed by atoms with Crippen LogP contribution in [-0.4, -0.2) is 84.4 Å². The van der Waals surface area contributed by atoms with Gasteiger partial charge >= 0.3 is 0 Å². The maximum atomic E-state index is 6.41. The molecular weight excluding hydrogens is 450 g/mol. The highest BCUT2D eigenvalue weighted by molar-refractivity contribution is 5.90. The largest absolute Gasteiger partial charge is 0.370 e. The third kappa shape index (κ3) is 4.65. The Labute approximate surface area is 213 Å². The second-order valence-electron chi connectivity index (χ2n) is 10.6. The molecule has 0 amide bonds. The molecule has 1 aromatic carbocycles. The van der Waals surface area contributed by atoms with Crippen LogP contribution in [0.4, 0.5) is 11.5 Å². The topological polar surface area (TPSA) is 69.7 Å². The van der Waals surface area contributed by atoms with Gasteiger partial charge in [-0.05, 0) is 62.6 Å². The minimum atomic E-state index is 0.169. The first kappa shape index (κ1) is 23.6. The lowest BCUT2D eigenvalue weighted by atomic mass is 9.97. The van der Waals surface area contributed by atoms with Gasteiger partial charge in [-0.25, -0.2) is 4.98 Å². The zero-order valence-electron chi connectivity index (χ0n) is 21.7. The molecule has 3 aliphatic rings. The molecule has 2 saturated heterocycles. The molecule has 36 heavy (non-hydrogen) atoms. The quantitative estimate of drug-likeness (QED) is 0.603. The van der Waals surface area contributed by atoms with Crippen LogP contribution in [0.15, 0.2) is 36.8 Å². The molecule has 0 aliphatic carbocycles. The summed E-state index contributed by atoms with van der Waals surface area (Å²) in [5.74, 6) is 1.12. The number of morpholine rings is 1. The lowest BCUT2D eigenvalue weighted by molar-refractivity contribution is -0.0327. The number of aryl methyl sites for hydroxylation is 1. The summed E-state index contributed by atoms with van der Waals surface area (Å²) < 4.78 is 6.41. The van der Waals surface area contributed by atoms with E-state index in [0.717, 1.165) is 86.9 Å². The van der Waals surface area contributed by atoms with E-state index in [9.17, 15) is 0 Å². The van der Waals surface area contributed by atoms with Crippen molar-refractivity contribution in [3.8, 4) is 0 Å². The van der Waals surface area contributed by atoms with Gasteiger partial charge in [0.25, 0.3) is 0 Å². The Bertz CT molecular complexity index is 1230. The number of hydrogen-bond acceptors (Lipinski definition) is 8. The van der Waals surface area contributed by atoms with Crippen molar-refractivity contribution < 1.29 is 4.74 Å². The highest BCUT2D eigenvalue weighted by atomic mass is 16.5. The molecule has 0 bridgehead atoms. The fourth-order valence-corrected chi connectivity index (χ4v) is 6.03. The molecule has 0 radical (unpaired) electrons. The van der Waals surface area contributed by atoms with Crippen LogP contribution >= 0.6 is 0 Å². The van der Waals surface area contributed by atoms with Crippen molar-refractivity contribution in [2.75, 3.05) is 62.2 Å². The van der Waals surface area contributed by atoms with Crippen molar-refractivity contribution in [2.45, 2.75) is 45.4 Å². The smallest absolute Gasteiger partial charge is 0.128 e. The number of hydrogen-bond donors (Lipinski definition) is 1. The molecular formula is C28H37N7O. The molecule has 3 aliphatic heterocycles. The molecule has 2 fully saturated rings. The molecule has 5 heterocycles. The van der Waals surface area contributed by atoms with Crippen LogP contribution in [-0.2, 0) is 11.2 Å². The van der Waals surface area contributed by atoms with Crippen molar-refractivity contribution in [3.05, 3.63) is 53.5 Å². The van der Waals surface area contributed by atoms with Crippen molar-refractivity contribution in [3.63, 3.8) is 0 Å². The van der Waals surface area contributed by atoms with E-state index in [-0.39, 0.29) is 12.2 Å². The number of nitrogens with one attached hydrogen (secondary N) is 1.